The quantitative estimate of drug-likeness (QED) is 0.910. The Hall–Kier alpha value is -1.11. The number of nitrogens with zero attached hydrogens (tertiary/aromatic N) is 1. The molecule has 1 unspecified atom stereocenters. The Morgan fingerprint density at radius 3 is 2.76 bits per heavy atom. The van der Waals surface area contributed by atoms with Gasteiger partial charge in [-0.05, 0) is 23.7 Å². The van der Waals surface area contributed by atoms with Crippen LogP contribution in [0.25, 0.3) is 0 Å². The van der Waals surface area contributed by atoms with Gasteiger partial charge in [0, 0.05) is 17.9 Å². The molecule has 1 saturated heterocycles. The molecule has 1 aromatic heterocycles. The van der Waals surface area contributed by atoms with Gasteiger partial charge >= 0.3 is 6.18 Å². The Morgan fingerprint density at radius 2 is 2.19 bits per heavy atom. The highest BCUT2D eigenvalue weighted by atomic mass is 32.2. The first-order valence-corrected chi connectivity index (χ1v) is 7.92. The third-order valence-corrected chi connectivity index (χ3v) is 4.64. The smallest absolute Gasteiger partial charge is 0.422 e. The number of pyridine rings is 1. The van der Waals surface area contributed by atoms with Crippen LogP contribution in [0.15, 0.2) is 18.3 Å². The van der Waals surface area contributed by atoms with Crippen molar-refractivity contribution >= 4 is 17.4 Å². The van der Waals surface area contributed by atoms with E-state index in [0.717, 1.165) is 23.6 Å². The number of ether oxygens (including phenoxy) is 1. The first kappa shape index (κ1) is 16.3. The van der Waals surface area contributed by atoms with E-state index in [1.807, 2.05) is 11.8 Å². The molecule has 1 atom stereocenters. The lowest BCUT2D eigenvalue weighted by atomic mass is 9.82. The zero-order valence-electron chi connectivity index (χ0n) is 12.0. The molecule has 2 heterocycles. The van der Waals surface area contributed by atoms with Gasteiger partial charge in [-0.1, -0.05) is 13.8 Å². The predicted molar refractivity (Wildman–Crippen MR) is 78.9 cm³/mol. The van der Waals surface area contributed by atoms with Crippen molar-refractivity contribution in [3.8, 4) is 5.88 Å². The van der Waals surface area contributed by atoms with E-state index in [2.05, 4.69) is 28.9 Å². The van der Waals surface area contributed by atoms with Crippen molar-refractivity contribution in [2.24, 2.45) is 5.41 Å². The number of nitrogens with one attached hydrogen (secondary N) is 1. The Labute approximate surface area is 126 Å². The average molecular weight is 320 g/mol. The fraction of sp³-hybridized carbons (Fsp3) is 0.643. The van der Waals surface area contributed by atoms with E-state index in [0.29, 0.717) is 6.04 Å². The molecular weight excluding hydrogens is 301 g/mol. The number of aromatic nitrogens is 1. The van der Waals surface area contributed by atoms with Crippen molar-refractivity contribution in [1.29, 1.82) is 0 Å². The molecule has 1 fully saturated rings. The second kappa shape index (κ2) is 6.34. The summed E-state index contributed by atoms with van der Waals surface area (Å²) in [5.74, 6) is 2.16. The summed E-state index contributed by atoms with van der Waals surface area (Å²) in [5.41, 5.74) is 0.992. The van der Waals surface area contributed by atoms with Gasteiger partial charge in [0.25, 0.3) is 0 Å². The van der Waals surface area contributed by atoms with E-state index in [-0.39, 0.29) is 11.3 Å². The zero-order chi connectivity index (χ0) is 15.5. The summed E-state index contributed by atoms with van der Waals surface area (Å²) in [4.78, 5) is 3.90. The Balaban J connectivity index is 1.93. The van der Waals surface area contributed by atoms with Crippen LogP contribution in [0.5, 0.6) is 5.88 Å². The van der Waals surface area contributed by atoms with Gasteiger partial charge < -0.3 is 10.1 Å². The van der Waals surface area contributed by atoms with E-state index < -0.39 is 12.8 Å². The molecule has 1 N–H and O–H groups in total. The summed E-state index contributed by atoms with van der Waals surface area (Å²) in [7, 11) is 0. The molecule has 0 aromatic carbocycles. The maximum absolute atomic E-state index is 12.0. The summed E-state index contributed by atoms with van der Waals surface area (Å²) in [6.45, 7) is 3.12. The second-order valence-electron chi connectivity index (χ2n) is 5.80. The minimum Gasteiger partial charge on any atom is -0.468 e. The van der Waals surface area contributed by atoms with Crippen molar-refractivity contribution < 1.29 is 17.9 Å². The average Bonchev–Trinajstić information content (AvgIpc) is 2.39. The maximum atomic E-state index is 12.0. The second-order valence-corrected chi connectivity index (χ2v) is 6.95. The first-order chi connectivity index (χ1) is 9.76. The summed E-state index contributed by atoms with van der Waals surface area (Å²) >= 11 is 1.91. The molecule has 1 aliphatic rings. The van der Waals surface area contributed by atoms with Crippen LogP contribution < -0.4 is 10.1 Å². The van der Waals surface area contributed by atoms with E-state index in [1.54, 1.807) is 6.07 Å². The van der Waals surface area contributed by atoms with E-state index in [1.165, 1.54) is 12.3 Å². The van der Waals surface area contributed by atoms with Gasteiger partial charge in [0.1, 0.15) is 0 Å². The van der Waals surface area contributed by atoms with Crippen LogP contribution in [0.2, 0.25) is 0 Å². The standard InChI is InChI=1S/C14H19F3N2OS/c1-13(2)5-6-21-8-11(13)19-10-3-4-12(18-7-10)20-9-14(15,16)17/h3-4,7,11,19H,5-6,8-9H2,1-2H3. The van der Waals surface area contributed by atoms with Gasteiger partial charge in [-0.25, -0.2) is 4.98 Å². The lowest BCUT2D eigenvalue weighted by Gasteiger charge is -2.39. The highest BCUT2D eigenvalue weighted by Gasteiger charge is 2.32. The topological polar surface area (TPSA) is 34.1 Å². The zero-order valence-corrected chi connectivity index (χ0v) is 12.9. The van der Waals surface area contributed by atoms with Gasteiger partial charge in [-0.15, -0.1) is 0 Å². The third-order valence-electron chi connectivity index (χ3n) is 3.58. The number of thioether (sulfide) groups is 1. The minimum absolute atomic E-state index is 0.0184. The van der Waals surface area contributed by atoms with Crippen molar-refractivity contribution in [1.82, 2.24) is 4.98 Å². The summed E-state index contributed by atoms with van der Waals surface area (Å²) in [6, 6.07) is 3.48. The number of rotatable bonds is 4. The van der Waals surface area contributed by atoms with Gasteiger partial charge in [0.15, 0.2) is 6.61 Å². The normalized spacial score (nSPS) is 21.9. The Morgan fingerprint density at radius 1 is 1.43 bits per heavy atom. The SMILES string of the molecule is CC1(C)CCSCC1Nc1ccc(OCC(F)(F)F)nc1. The van der Waals surface area contributed by atoms with E-state index in [4.69, 9.17) is 0 Å². The molecular formula is C14H19F3N2OS. The summed E-state index contributed by atoms with van der Waals surface area (Å²) < 4.78 is 40.7. The number of alkyl halides is 3. The fourth-order valence-corrected chi connectivity index (χ4v) is 3.69. The summed E-state index contributed by atoms with van der Waals surface area (Å²) in [5, 5.41) is 3.41. The molecule has 0 radical (unpaired) electrons. The van der Waals surface area contributed by atoms with Crippen LogP contribution in [-0.2, 0) is 0 Å². The van der Waals surface area contributed by atoms with Gasteiger partial charge in [-0.3, -0.25) is 0 Å². The lowest BCUT2D eigenvalue weighted by Crippen LogP contribution is -2.41. The van der Waals surface area contributed by atoms with Crippen LogP contribution >= 0.6 is 11.8 Å². The third kappa shape index (κ3) is 4.98. The van der Waals surface area contributed by atoms with Crippen molar-refractivity contribution in [2.45, 2.75) is 32.5 Å². The molecule has 7 heteroatoms. The molecule has 3 nitrogen and oxygen atoms in total. The molecule has 2 rings (SSSR count). The molecule has 1 aliphatic heterocycles. The largest absolute Gasteiger partial charge is 0.468 e. The first-order valence-electron chi connectivity index (χ1n) is 6.76. The predicted octanol–water partition coefficient (Wildman–Crippen LogP) is 3.97. The molecule has 0 saturated carbocycles. The molecule has 0 spiro atoms. The molecule has 0 bridgehead atoms. The van der Waals surface area contributed by atoms with E-state index in [9.17, 15) is 13.2 Å². The van der Waals surface area contributed by atoms with Gasteiger partial charge in [0.2, 0.25) is 5.88 Å². The van der Waals surface area contributed by atoms with Crippen molar-refractivity contribution in [3.63, 3.8) is 0 Å². The van der Waals surface area contributed by atoms with Gasteiger partial charge in [0.05, 0.1) is 11.9 Å². The molecule has 0 amide bonds. The minimum atomic E-state index is -4.35. The van der Waals surface area contributed by atoms with Crippen molar-refractivity contribution in [2.75, 3.05) is 23.4 Å². The highest BCUT2D eigenvalue weighted by molar-refractivity contribution is 7.99. The monoisotopic (exact) mass is 320 g/mol. The van der Waals surface area contributed by atoms with Crippen LogP contribution in [-0.4, -0.2) is 35.3 Å². The Bertz CT molecular complexity index is 462. The van der Waals surface area contributed by atoms with Crippen LogP contribution in [0.3, 0.4) is 0 Å². The molecule has 21 heavy (non-hydrogen) atoms. The maximum Gasteiger partial charge on any atom is 0.422 e. The fourth-order valence-electron chi connectivity index (χ4n) is 2.08. The molecule has 118 valence electrons. The molecule has 1 aromatic rings. The lowest BCUT2D eigenvalue weighted by molar-refractivity contribution is -0.154. The summed E-state index contributed by atoms with van der Waals surface area (Å²) in [6.07, 6.45) is -1.70. The number of hydrogen-bond donors (Lipinski definition) is 1. The Kier molecular flexibility index (Phi) is 4.91. The van der Waals surface area contributed by atoms with E-state index >= 15 is 0 Å². The van der Waals surface area contributed by atoms with Crippen LogP contribution in [0.1, 0.15) is 20.3 Å². The number of halogens is 3. The van der Waals surface area contributed by atoms with Crippen LogP contribution in [0.4, 0.5) is 18.9 Å². The number of anilines is 1. The highest BCUT2D eigenvalue weighted by Crippen LogP contribution is 2.36. The molecule has 0 aliphatic carbocycles. The van der Waals surface area contributed by atoms with Crippen LogP contribution in [0, 0.1) is 5.41 Å². The van der Waals surface area contributed by atoms with Crippen molar-refractivity contribution in [3.05, 3.63) is 18.3 Å². The number of hydrogen-bond acceptors (Lipinski definition) is 4. The van der Waals surface area contributed by atoms with Gasteiger partial charge in [-0.2, -0.15) is 24.9 Å².